The summed E-state index contributed by atoms with van der Waals surface area (Å²) in [6.45, 7) is 5.08. The number of amides is 1. The van der Waals surface area contributed by atoms with Crippen LogP contribution in [-0.4, -0.2) is 63.6 Å². The van der Waals surface area contributed by atoms with Gasteiger partial charge in [-0.2, -0.15) is 0 Å². The summed E-state index contributed by atoms with van der Waals surface area (Å²) < 4.78 is 1.83. The van der Waals surface area contributed by atoms with Crippen molar-refractivity contribution in [3.05, 3.63) is 53.4 Å². The van der Waals surface area contributed by atoms with Gasteiger partial charge >= 0.3 is 0 Å². The molecular weight excluding hydrogens is 448 g/mol. The summed E-state index contributed by atoms with van der Waals surface area (Å²) in [5.41, 5.74) is 1.33. The average Bonchev–Trinajstić information content (AvgIpc) is 3.53. The van der Waals surface area contributed by atoms with Crippen LogP contribution in [0.5, 0.6) is 0 Å². The molecule has 1 saturated heterocycles. The molecule has 5 rings (SSSR count). The summed E-state index contributed by atoms with van der Waals surface area (Å²) >= 11 is 6.56. The zero-order valence-corrected chi connectivity index (χ0v) is 20.4. The molecule has 1 aliphatic carbocycles. The van der Waals surface area contributed by atoms with Crippen LogP contribution < -0.4 is 10.6 Å². The summed E-state index contributed by atoms with van der Waals surface area (Å²) in [6.07, 6.45) is 13.7. The molecule has 1 saturated carbocycles. The highest BCUT2D eigenvalue weighted by Gasteiger charge is 2.32. The maximum atomic E-state index is 13.5. The number of rotatable bonds is 8. The van der Waals surface area contributed by atoms with Crippen LogP contribution in [0.15, 0.2) is 42.9 Å². The van der Waals surface area contributed by atoms with Crippen molar-refractivity contribution in [2.75, 3.05) is 32.7 Å². The van der Waals surface area contributed by atoms with Gasteiger partial charge in [-0.3, -0.25) is 9.36 Å². The third kappa shape index (κ3) is 4.97. The maximum Gasteiger partial charge on any atom is 0.253 e. The van der Waals surface area contributed by atoms with E-state index in [0.717, 1.165) is 36.8 Å². The van der Waals surface area contributed by atoms with E-state index in [-0.39, 0.29) is 11.4 Å². The lowest BCUT2D eigenvalue weighted by Gasteiger charge is -2.39. The predicted molar refractivity (Wildman–Crippen MR) is 136 cm³/mol. The first-order valence-electron chi connectivity index (χ1n) is 12.5. The second-order valence-corrected chi connectivity index (χ2v) is 10.0. The number of aromatic nitrogens is 3. The van der Waals surface area contributed by atoms with Gasteiger partial charge in [0, 0.05) is 49.1 Å². The van der Waals surface area contributed by atoms with Crippen molar-refractivity contribution >= 4 is 28.4 Å². The molecule has 0 spiro atoms. The molecule has 0 radical (unpaired) electrons. The molecule has 1 amide bonds. The number of nitrogens with zero attached hydrogens (tertiary/aromatic N) is 4. The number of benzene rings is 1. The fraction of sp³-hybridized carbons (Fsp3) is 0.500. The zero-order chi connectivity index (χ0) is 23.4. The van der Waals surface area contributed by atoms with Gasteiger partial charge in [0.2, 0.25) is 5.95 Å². The monoisotopic (exact) mass is 480 g/mol. The Morgan fingerprint density at radius 3 is 2.56 bits per heavy atom. The minimum atomic E-state index is -0.112. The summed E-state index contributed by atoms with van der Waals surface area (Å²) in [5.74, 6) is 0.403. The van der Waals surface area contributed by atoms with Crippen LogP contribution in [0.25, 0.3) is 16.9 Å². The van der Waals surface area contributed by atoms with E-state index in [1.54, 1.807) is 24.7 Å². The number of nitrogens with one attached hydrogen (secondary N) is 2. The number of fused-ring (bicyclic) bond motifs is 1. The first kappa shape index (κ1) is 23.3. The second-order valence-electron chi connectivity index (χ2n) is 9.59. The van der Waals surface area contributed by atoms with E-state index in [2.05, 4.69) is 25.5 Å². The summed E-state index contributed by atoms with van der Waals surface area (Å²) in [5, 5.41) is 8.36. The summed E-state index contributed by atoms with van der Waals surface area (Å²) in [6, 6.07) is 7.42. The Labute approximate surface area is 205 Å². The molecule has 7 nitrogen and oxygen atoms in total. The molecule has 3 heterocycles. The minimum Gasteiger partial charge on any atom is -0.350 e. The van der Waals surface area contributed by atoms with Gasteiger partial charge < -0.3 is 15.5 Å². The SMILES string of the molecule is O=C(NCC1(NCCN2CCCC2)CCCCC1)c1cn(-c2ncccn2)c2cccc(Cl)c12. The molecule has 2 aromatic heterocycles. The molecular formula is C26H33ClN6O. The van der Waals surface area contributed by atoms with Gasteiger partial charge in [0.1, 0.15) is 0 Å². The third-order valence-corrected chi connectivity index (χ3v) is 7.63. The van der Waals surface area contributed by atoms with Crippen molar-refractivity contribution in [3.8, 4) is 5.95 Å². The number of carbonyl (C=O) groups excluding carboxylic acids is 1. The number of hydrogen-bond donors (Lipinski definition) is 2. The van der Waals surface area contributed by atoms with Crippen LogP contribution in [0.4, 0.5) is 0 Å². The molecule has 1 aromatic carbocycles. The lowest BCUT2D eigenvalue weighted by molar-refractivity contribution is 0.0929. The molecule has 3 aromatic rings. The van der Waals surface area contributed by atoms with Crippen molar-refractivity contribution in [2.24, 2.45) is 0 Å². The van der Waals surface area contributed by atoms with Crippen molar-refractivity contribution < 1.29 is 4.79 Å². The Kier molecular flexibility index (Phi) is 7.13. The van der Waals surface area contributed by atoms with Crippen LogP contribution in [0.2, 0.25) is 5.02 Å². The van der Waals surface area contributed by atoms with Gasteiger partial charge in [-0.1, -0.05) is 36.9 Å². The topological polar surface area (TPSA) is 75.1 Å². The number of halogens is 1. The Bertz CT molecular complexity index is 1120. The van der Waals surface area contributed by atoms with Gasteiger partial charge in [-0.05, 0) is 57.0 Å². The third-order valence-electron chi connectivity index (χ3n) is 7.32. The average molecular weight is 481 g/mol. The molecule has 180 valence electrons. The van der Waals surface area contributed by atoms with E-state index in [1.165, 1.54) is 45.2 Å². The molecule has 34 heavy (non-hydrogen) atoms. The summed E-state index contributed by atoms with van der Waals surface area (Å²) in [7, 11) is 0. The van der Waals surface area contributed by atoms with Crippen LogP contribution in [0.1, 0.15) is 55.3 Å². The molecule has 2 aliphatic rings. The van der Waals surface area contributed by atoms with Crippen LogP contribution in [0, 0.1) is 0 Å². The van der Waals surface area contributed by atoms with E-state index in [9.17, 15) is 4.79 Å². The van der Waals surface area contributed by atoms with E-state index in [4.69, 9.17) is 11.6 Å². The number of likely N-dealkylation sites (tertiary alicyclic amines) is 1. The first-order chi connectivity index (χ1) is 16.7. The van der Waals surface area contributed by atoms with Crippen LogP contribution in [-0.2, 0) is 0 Å². The fourth-order valence-corrected chi connectivity index (χ4v) is 5.74. The highest BCUT2D eigenvalue weighted by atomic mass is 35.5. The Morgan fingerprint density at radius 2 is 1.79 bits per heavy atom. The van der Waals surface area contributed by atoms with Gasteiger partial charge in [0.05, 0.1) is 16.1 Å². The second kappa shape index (κ2) is 10.4. The van der Waals surface area contributed by atoms with E-state index in [1.807, 2.05) is 22.8 Å². The van der Waals surface area contributed by atoms with Gasteiger partial charge in [-0.25, -0.2) is 9.97 Å². The minimum absolute atomic E-state index is 0.0433. The van der Waals surface area contributed by atoms with Crippen molar-refractivity contribution in [2.45, 2.75) is 50.5 Å². The molecule has 1 aliphatic heterocycles. The van der Waals surface area contributed by atoms with Gasteiger partial charge in [-0.15, -0.1) is 0 Å². The smallest absolute Gasteiger partial charge is 0.253 e. The molecule has 2 N–H and O–H groups in total. The van der Waals surface area contributed by atoms with Crippen LogP contribution >= 0.6 is 11.6 Å². The van der Waals surface area contributed by atoms with E-state index in [0.29, 0.717) is 23.1 Å². The van der Waals surface area contributed by atoms with Crippen molar-refractivity contribution in [3.63, 3.8) is 0 Å². The number of hydrogen-bond acceptors (Lipinski definition) is 5. The quantitative estimate of drug-likeness (QED) is 0.505. The predicted octanol–water partition coefficient (Wildman–Crippen LogP) is 4.19. The maximum absolute atomic E-state index is 13.5. The van der Waals surface area contributed by atoms with Gasteiger partial charge in [0.15, 0.2) is 0 Å². The largest absolute Gasteiger partial charge is 0.350 e. The molecule has 8 heteroatoms. The number of carbonyl (C=O) groups is 1. The standard InChI is InChI=1S/C26H33ClN6O/c27-21-8-6-9-22-23(21)20(18-33(22)25-28-12-7-13-29-25)24(34)30-19-26(10-2-1-3-11-26)31-14-17-32-15-4-5-16-32/h6-9,12-13,18,31H,1-5,10-11,14-17,19H2,(H,30,34). The van der Waals surface area contributed by atoms with Crippen molar-refractivity contribution in [1.82, 2.24) is 30.1 Å². The molecule has 2 fully saturated rings. The summed E-state index contributed by atoms with van der Waals surface area (Å²) in [4.78, 5) is 24.7. The Morgan fingerprint density at radius 1 is 1.03 bits per heavy atom. The van der Waals surface area contributed by atoms with Crippen LogP contribution in [0.3, 0.4) is 0 Å². The van der Waals surface area contributed by atoms with E-state index < -0.39 is 0 Å². The fourth-order valence-electron chi connectivity index (χ4n) is 5.47. The van der Waals surface area contributed by atoms with Gasteiger partial charge in [0.25, 0.3) is 5.91 Å². The molecule has 0 bridgehead atoms. The Balaban J connectivity index is 1.34. The first-order valence-corrected chi connectivity index (χ1v) is 12.9. The molecule has 0 unspecified atom stereocenters. The highest BCUT2D eigenvalue weighted by Crippen LogP contribution is 2.31. The lowest BCUT2D eigenvalue weighted by Crippen LogP contribution is -2.56. The molecule has 0 atom stereocenters. The zero-order valence-electron chi connectivity index (χ0n) is 19.6. The lowest BCUT2D eigenvalue weighted by atomic mass is 9.81. The Hall–Kier alpha value is -2.48. The normalized spacial score (nSPS) is 18.4. The van der Waals surface area contributed by atoms with Crippen molar-refractivity contribution in [1.29, 1.82) is 0 Å². The highest BCUT2D eigenvalue weighted by molar-refractivity contribution is 6.37. The van der Waals surface area contributed by atoms with E-state index >= 15 is 0 Å².